The molecule has 0 bridgehead atoms. The van der Waals surface area contributed by atoms with Gasteiger partial charge >= 0.3 is 0 Å². The summed E-state index contributed by atoms with van der Waals surface area (Å²) in [5.41, 5.74) is -0.218. The highest BCUT2D eigenvalue weighted by Gasteiger charge is 2.08. The van der Waals surface area contributed by atoms with E-state index in [1.54, 1.807) is 0 Å². The molecule has 0 radical (unpaired) electrons. The van der Waals surface area contributed by atoms with Gasteiger partial charge in [0.1, 0.15) is 16.8 Å². The van der Waals surface area contributed by atoms with Gasteiger partial charge < -0.3 is 4.98 Å². The smallest absolute Gasteiger partial charge is 0.249 e. The number of H-pyrrole nitrogens is 1. The average molecular weight is 242 g/mol. The molecule has 0 fully saturated rings. The Morgan fingerprint density at radius 2 is 1.88 bits per heavy atom. The summed E-state index contributed by atoms with van der Waals surface area (Å²) in [5, 5.41) is 0.0751. The van der Waals surface area contributed by atoms with E-state index in [0.717, 1.165) is 24.3 Å². The third-order valence-electron chi connectivity index (χ3n) is 2.05. The molecule has 1 N–H and O–H groups in total. The fourth-order valence-electron chi connectivity index (χ4n) is 1.38. The average Bonchev–Trinajstić information content (AvgIpc) is 2.20. The number of hydrogen-bond donors (Lipinski definition) is 1. The molecule has 0 amide bonds. The van der Waals surface area contributed by atoms with Crippen molar-refractivity contribution in [3.05, 3.63) is 57.5 Å². The molecule has 0 saturated carbocycles. The van der Waals surface area contributed by atoms with Crippen molar-refractivity contribution in [2.24, 2.45) is 0 Å². The highest BCUT2D eigenvalue weighted by Crippen LogP contribution is 2.23. The summed E-state index contributed by atoms with van der Waals surface area (Å²) in [7, 11) is 0. The molecule has 2 nitrogen and oxygen atoms in total. The van der Waals surface area contributed by atoms with Crippen LogP contribution >= 0.6 is 11.6 Å². The van der Waals surface area contributed by atoms with Gasteiger partial charge in [-0.1, -0.05) is 11.6 Å². The van der Waals surface area contributed by atoms with Crippen LogP contribution in [0.25, 0.3) is 11.1 Å². The fraction of sp³-hybridized carbons (Fsp3) is 0. The maximum Gasteiger partial charge on any atom is 0.249 e. The first-order valence-electron chi connectivity index (χ1n) is 4.41. The quantitative estimate of drug-likeness (QED) is 0.765. The molecule has 82 valence electrons. The molecule has 5 heteroatoms. The van der Waals surface area contributed by atoms with Crippen LogP contribution in [0, 0.1) is 11.6 Å². The van der Waals surface area contributed by atoms with Crippen molar-refractivity contribution < 1.29 is 8.78 Å². The summed E-state index contributed by atoms with van der Waals surface area (Å²) >= 11 is 5.62. The van der Waals surface area contributed by atoms with E-state index in [4.69, 9.17) is 11.6 Å². The predicted molar refractivity (Wildman–Crippen MR) is 57.4 cm³/mol. The Morgan fingerprint density at radius 3 is 2.56 bits per heavy atom. The molecule has 0 aliphatic rings. The highest BCUT2D eigenvalue weighted by atomic mass is 35.5. The monoisotopic (exact) mass is 241 g/mol. The minimum absolute atomic E-state index is 0.00741. The maximum atomic E-state index is 13.4. The van der Waals surface area contributed by atoms with Crippen molar-refractivity contribution >= 4 is 11.6 Å². The van der Waals surface area contributed by atoms with E-state index in [9.17, 15) is 13.6 Å². The summed E-state index contributed by atoms with van der Waals surface area (Å²) < 4.78 is 26.3. The SMILES string of the molecule is O=c1cc(-c2cc(F)ccc2F)cc(Cl)[nH]1. The van der Waals surface area contributed by atoms with E-state index in [-0.39, 0.29) is 16.3 Å². The lowest BCUT2D eigenvalue weighted by atomic mass is 10.1. The fourth-order valence-corrected chi connectivity index (χ4v) is 1.59. The van der Waals surface area contributed by atoms with Crippen LogP contribution in [0.5, 0.6) is 0 Å². The largest absolute Gasteiger partial charge is 0.313 e. The van der Waals surface area contributed by atoms with Crippen LogP contribution in [0.3, 0.4) is 0 Å². The topological polar surface area (TPSA) is 32.9 Å². The van der Waals surface area contributed by atoms with E-state index >= 15 is 0 Å². The number of pyridine rings is 1. The van der Waals surface area contributed by atoms with E-state index < -0.39 is 17.2 Å². The molecule has 0 aliphatic carbocycles. The first-order valence-corrected chi connectivity index (χ1v) is 4.79. The zero-order valence-corrected chi connectivity index (χ0v) is 8.68. The number of hydrogen-bond acceptors (Lipinski definition) is 1. The van der Waals surface area contributed by atoms with Gasteiger partial charge in [0.2, 0.25) is 5.56 Å². The van der Waals surface area contributed by atoms with Gasteiger partial charge in [-0.05, 0) is 29.8 Å². The van der Waals surface area contributed by atoms with Crippen LogP contribution in [0.1, 0.15) is 0 Å². The molecule has 0 atom stereocenters. The molecule has 0 spiro atoms. The van der Waals surface area contributed by atoms with Gasteiger partial charge in [0.25, 0.3) is 0 Å². The van der Waals surface area contributed by atoms with Crippen molar-refractivity contribution in [3.8, 4) is 11.1 Å². The normalized spacial score (nSPS) is 10.4. The van der Waals surface area contributed by atoms with Crippen LogP contribution in [0.4, 0.5) is 8.78 Å². The van der Waals surface area contributed by atoms with Gasteiger partial charge in [-0.25, -0.2) is 8.78 Å². The molecule has 0 aliphatic heterocycles. The Bertz CT molecular complexity index is 595. The van der Waals surface area contributed by atoms with Crippen molar-refractivity contribution in [1.29, 1.82) is 0 Å². The Hall–Kier alpha value is -1.68. The minimum Gasteiger partial charge on any atom is -0.313 e. The predicted octanol–water partition coefficient (Wildman–Crippen LogP) is 2.97. The van der Waals surface area contributed by atoms with Crippen LogP contribution in [-0.4, -0.2) is 4.98 Å². The lowest BCUT2D eigenvalue weighted by Crippen LogP contribution is -2.04. The van der Waals surface area contributed by atoms with Crippen LogP contribution in [-0.2, 0) is 0 Å². The third kappa shape index (κ3) is 2.12. The zero-order valence-electron chi connectivity index (χ0n) is 7.93. The molecule has 16 heavy (non-hydrogen) atoms. The number of rotatable bonds is 1. The second-order valence-electron chi connectivity index (χ2n) is 3.21. The van der Waals surface area contributed by atoms with Crippen molar-refractivity contribution in [2.45, 2.75) is 0 Å². The summed E-state index contributed by atoms with van der Waals surface area (Å²) in [6.45, 7) is 0. The van der Waals surface area contributed by atoms with Gasteiger partial charge in [-0.3, -0.25) is 4.79 Å². The lowest BCUT2D eigenvalue weighted by molar-refractivity contribution is 0.603. The lowest BCUT2D eigenvalue weighted by Gasteiger charge is -2.03. The molecule has 1 aromatic carbocycles. The highest BCUT2D eigenvalue weighted by molar-refractivity contribution is 6.29. The Balaban J connectivity index is 2.66. The minimum atomic E-state index is -0.608. The molecule has 2 aromatic rings. The van der Waals surface area contributed by atoms with Crippen LogP contribution in [0.15, 0.2) is 35.1 Å². The summed E-state index contributed by atoms with van der Waals surface area (Å²) in [4.78, 5) is 13.4. The van der Waals surface area contributed by atoms with E-state index in [1.807, 2.05) is 0 Å². The molecular formula is C11H6ClF2NO. The standard InChI is InChI=1S/C11H6ClF2NO/c12-10-3-6(4-11(16)15-10)8-5-7(13)1-2-9(8)14/h1-5H,(H,15,16). The molecule has 1 aromatic heterocycles. The van der Waals surface area contributed by atoms with E-state index in [0.29, 0.717) is 0 Å². The first kappa shape index (κ1) is 10.8. The summed E-state index contributed by atoms with van der Waals surface area (Å²) in [5.74, 6) is -1.18. The van der Waals surface area contributed by atoms with Gasteiger partial charge in [-0.15, -0.1) is 0 Å². The maximum absolute atomic E-state index is 13.4. The number of nitrogens with one attached hydrogen (secondary N) is 1. The van der Waals surface area contributed by atoms with Gasteiger partial charge in [0.15, 0.2) is 0 Å². The number of aromatic nitrogens is 1. The molecule has 1 heterocycles. The van der Waals surface area contributed by atoms with Gasteiger partial charge in [0, 0.05) is 11.6 Å². The van der Waals surface area contributed by atoms with Crippen LogP contribution in [0.2, 0.25) is 5.15 Å². The van der Waals surface area contributed by atoms with E-state index in [2.05, 4.69) is 4.98 Å². The molecule has 0 unspecified atom stereocenters. The van der Waals surface area contributed by atoms with Crippen molar-refractivity contribution in [3.63, 3.8) is 0 Å². The molecular weight excluding hydrogens is 236 g/mol. The third-order valence-corrected chi connectivity index (χ3v) is 2.25. The summed E-state index contributed by atoms with van der Waals surface area (Å²) in [6, 6.07) is 5.54. The zero-order chi connectivity index (χ0) is 11.7. The summed E-state index contributed by atoms with van der Waals surface area (Å²) in [6.07, 6.45) is 0. The van der Waals surface area contributed by atoms with Crippen molar-refractivity contribution in [1.82, 2.24) is 4.98 Å². The van der Waals surface area contributed by atoms with E-state index in [1.165, 1.54) is 6.07 Å². The second-order valence-corrected chi connectivity index (χ2v) is 3.61. The Morgan fingerprint density at radius 1 is 1.12 bits per heavy atom. The van der Waals surface area contributed by atoms with Crippen molar-refractivity contribution in [2.75, 3.05) is 0 Å². The number of halogens is 3. The first-order chi connectivity index (χ1) is 7.56. The second kappa shape index (κ2) is 4.06. The molecule has 2 rings (SSSR count). The Kier molecular flexibility index (Phi) is 2.75. The number of benzene rings is 1. The Labute approximate surface area is 94.5 Å². The van der Waals surface area contributed by atoms with Gasteiger partial charge in [-0.2, -0.15) is 0 Å². The van der Waals surface area contributed by atoms with Crippen LogP contribution < -0.4 is 5.56 Å². The molecule has 0 saturated heterocycles. The van der Waals surface area contributed by atoms with Gasteiger partial charge in [0.05, 0.1) is 0 Å². The number of aromatic amines is 1.